The number of anilines is 1. The molecule has 0 aliphatic heterocycles. The minimum atomic E-state index is -3.46. The summed E-state index contributed by atoms with van der Waals surface area (Å²) in [6.45, 7) is 6.47. The number of carbonyl (C=O) groups is 1. The predicted octanol–water partition coefficient (Wildman–Crippen LogP) is 3.66. The Hall–Kier alpha value is -2.41. The van der Waals surface area contributed by atoms with Gasteiger partial charge in [0.15, 0.2) is 0 Å². The Kier molecular flexibility index (Phi) is 7.79. The lowest BCUT2D eigenvalue weighted by Gasteiger charge is -2.26. The van der Waals surface area contributed by atoms with E-state index in [1.807, 2.05) is 32.9 Å². The molecule has 1 N–H and O–H groups in total. The van der Waals surface area contributed by atoms with Gasteiger partial charge in [-0.15, -0.1) is 0 Å². The molecule has 2 aromatic rings. The van der Waals surface area contributed by atoms with Crippen LogP contribution in [0.4, 0.5) is 10.1 Å². The first-order chi connectivity index (χ1) is 13.6. The quantitative estimate of drug-likeness (QED) is 0.673. The molecule has 0 unspecified atom stereocenters. The average Bonchev–Trinajstić information content (AvgIpc) is 2.60. The highest BCUT2D eigenvalue weighted by Crippen LogP contribution is 2.28. The summed E-state index contributed by atoms with van der Waals surface area (Å²) in [4.78, 5) is 12.1. The SMILES string of the molecule is Cc1cc(C)c(N(CCCC(=O)NCCc2ccc(F)cc2)S(C)(=O)=O)c(C)c1. The van der Waals surface area contributed by atoms with E-state index in [2.05, 4.69) is 5.32 Å². The van der Waals surface area contributed by atoms with Gasteiger partial charge < -0.3 is 5.32 Å². The summed E-state index contributed by atoms with van der Waals surface area (Å²) in [5.74, 6) is -0.412. The van der Waals surface area contributed by atoms with Gasteiger partial charge in [-0.25, -0.2) is 12.8 Å². The fourth-order valence-electron chi connectivity index (χ4n) is 3.48. The second-order valence-electron chi connectivity index (χ2n) is 7.41. The molecule has 0 fully saturated rings. The molecule has 7 heteroatoms. The molecule has 5 nitrogen and oxygen atoms in total. The smallest absolute Gasteiger partial charge is 0.232 e. The van der Waals surface area contributed by atoms with Crippen LogP contribution in [0.1, 0.15) is 35.1 Å². The van der Waals surface area contributed by atoms with Crippen molar-refractivity contribution in [2.75, 3.05) is 23.7 Å². The van der Waals surface area contributed by atoms with Crippen molar-refractivity contribution >= 4 is 21.6 Å². The summed E-state index contributed by atoms with van der Waals surface area (Å²) in [5, 5.41) is 2.83. The molecule has 1 amide bonds. The van der Waals surface area contributed by atoms with E-state index >= 15 is 0 Å². The number of sulfonamides is 1. The molecule has 2 rings (SSSR count). The van der Waals surface area contributed by atoms with Crippen LogP contribution in [0, 0.1) is 26.6 Å². The molecular formula is C22H29FN2O3S. The number of hydrogen-bond acceptors (Lipinski definition) is 3. The Morgan fingerprint density at radius 2 is 1.66 bits per heavy atom. The van der Waals surface area contributed by atoms with E-state index in [1.165, 1.54) is 22.7 Å². The Morgan fingerprint density at radius 3 is 2.21 bits per heavy atom. The van der Waals surface area contributed by atoms with Gasteiger partial charge in [0, 0.05) is 19.5 Å². The Labute approximate surface area is 173 Å². The van der Waals surface area contributed by atoms with Gasteiger partial charge in [-0.05, 0) is 62.4 Å². The van der Waals surface area contributed by atoms with Gasteiger partial charge in [-0.1, -0.05) is 29.8 Å². The highest BCUT2D eigenvalue weighted by Gasteiger charge is 2.21. The summed E-state index contributed by atoms with van der Waals surface area (Å²) in [6, 6.07) is 10.1. The molecular weight excluding hydrogens is 391 g/mol. The molecule has 0 saturated heterocycles. The lowest BCUT2D eigenvalue weighted by molar-refractivity contribution is -0.121. The zero-order valence-electron chi connectivity index (χ0n) is 17.5. The molecule has 0 spiro atoms. The van der Waals surface area contributed by atoms with Crippen molar-refractivity contribution in [2.24, 2.45) is 0 Å². The largest absolute Gasteiger partial charge is 0.356 e. The highest BCUT2D eigenvalue weighted by atomic mass is 32.2. The highest BCUT2D eigenvalue weighted by molar-refractivity contribution is 7.92. The second kappa shape index (κ2) is 9.87. The van der Waals surface area contributed by atoms with Gasteiger partial charge in [0.25, 0.3) is 0 Å². The van der Waals surface area contributed by atoms with Crippen molar-refractivity contribution < 1.29 is 17.6 Å². The number of hydrogen-bond donors (Lipinski definition) is 1. The van der Waals surface area contributed by atoms with Crippen LogP contribution in [-0.2, 0) is 21.2 Å². The van der Waals surface area contributed by atoms with Gasteiger partial charge in [0.05, 0.1) is 11.9 Å². The Morgan fingerprint density at radius 1 is 1.07 bits per heavy atom. The maximum Gasteiger partial charge on any atom is 0.232 e. The molecule has 2 aromatic carbocycles. The molecule has 0 radical (unpaired) electrons. The van der Waals surface area contributed by atoms with Gasteiger partial charge in [0.1, 0.15) is 5.82 Å². The third kappa shape index (κ3) is 6.85. The van der Waals surface area contributed by atoms with E-state index in [9.17, 15) is 17.6 Å². The van der Waals surface area contributed by atoms with Crippen LogP contribution in [0.5, 0.6) is 0 Å². The number of aryl methyl sites for hydroxylation is 3. The van der Waals surface area contributed by atoms with Crippen LogP contribution in [0.25, 0.3) is 0 Å². The third-order valence-corrected chi connectivity index (χ3v) is 5.87. The number of amides is 1. The molecule has 29 heavy (non-hydrogen) atoms. The molecule has 0 atom stereocenters. The summed E-state index contributed by atoms with van der Waals surface area (Å²) < 4.78 is 39.0. The van der Waals surface area contributed by atoms with E-state index < -0.39 is 10.0 Å². The summed E-state index contributed by atoms with van der Waals surface area (Å²) in [7, 11) is -3.46. The van der Waals surface area contributed by atoms with Crippen LogP contribution in [0.3, 0.4) is 0 Å². The fourth-order valence-corrected chi connectivity index (χ4v) is 4.56. The number of halogens is 1. The van der Waals surface area contributed by atoms with Gasteiger partial charge in [-0.3, -0.25) is 9.10 Å². The first-order valence-electron chi connectivity index (χ1n) is 9.64. The summed E-state index contributed by atoms with van der Waals surface area (Å²) >= 11 is 0. The molecule has 0 bridgehead atoms. The van der Waals surface area contributed by atoms with Gasteiger partial charge in [0.2, 0.25) is 15.9 Å². The summed E-state index contributed by atoms with van der Waals surface area (Å²) in [6.07, 6.45) is 2.46. The maximum absolute atomic E-state index is 12.9. The third-order valence-electron chi connectivity index (χ3n) is 4.70. The lowest BCUT2D eigenvalue weighted by atomic mass is 10.0. The monoisotopic (exact) mass is 420 g/mol. The van der Waals surface area contributed by atoms with E-state index in [4.69, 9.17) is 0 Å². The van der Waals surface area contributed by atoms with Gasteiger partial charge >= 0.3 is 0 Å². The minimum Gasteiger partial charge on any atom is -0.356 e. The number of carbonyl (C=O) groups excluding carboxylic acids is 1. The normalized spacial score (nSPS) is 11.3. The number of rotatable bonds is 9. The van der Waals surface area contributed by atoms with Crippen molar-refractivity contribution in [3.8, 4) is 0 Å². The first kappa shape index (κ1) is 22.9. The van der Waals surface area contributed by atoms with Gasteiger partial charge in [-0.2, -0.15) is 0 Å². The average molecular weight is 421 g/mol. The summed E-state index contributed by atoms with van der Waals surface area (Å²) in [5.41, 5.74) is 4.51. The minimum absolute atomic E-state index is 0.127. The van der Waals surface area contributed by atoms with Crippen LogP contribution in [-0.4, -0.2) is 33.7 Å². The van der Waals surface area contributed by atoms with E-state index in [0.29, 0.717) is 25.1 Å². The first-order valence-corrected chi connectivity index (χ1v) is 11.5. The molecule has 0 aromatic heterocycles. The van der Waals surface area contributed by atoms with Crippen LogP contribution in [0.2, 0.25) is 0 Å². The van der Waals surface area contributed by atoms with Crippen molar-refractivity contribution in [1.29, 1.82) is 0 Å². The van der Waals surface area contributed by atoms with Crippen LogP contribution >= 0.6 is 0 Å². The number of benzene rings is 2. The van der Waals surface area contributed by atoms with E-state index in [-0.39, 0.29) is 24.7 Å². The van der Waals surface area contributed by atoms with Crippen molar-refractivity contribution in [2.45, 2.75) is 40.0 Å². The molecule has 0 aliphatic rings. The molecule has 0 aliphatic carbocycles. The number of nitrogens with zero attached hydrogens (tertiary/aromatic N) is 1. The van der Waals surface area contributed by atoms with Crippen LogP contribution in [0.15, 0.2) is 36.4 Å². The topological polar surface area (TPSA) is 66.5 Å². The zero-order chi connectivity index (χ0) is 21.6. The molecule has 158 valence electrons. The van der Waals surface area contributed by atoms with Crippen LogP contribution < -0.4 is 9.62 Å². The standard InChI is InChI=1S/C22H29FN2O3S/c1-16-14-17(2)22(18(3)15-16)25(29(4,27)28)13-5-6-21(26)24-12-11-19-7-9-20(23)10-8-19/h7-10,14-15H,5-6,11-13H2,1-4H3,(H,24,26). The maximum atomic E-state index is 12.9. The van der Waals surface area contributed by atoms with E-state index in [1.54, 1.807) is 12.1 Å². The zero-order valence-corrected chi connectivity index (χ0v) is 18.3. The van der Waals surface area contributed by atoms with Crippen molar-refractivity contribution in [1.82, 2.24) is 5.32 Å². The lowest BCUT2D eigenvalue weighted by Crippen LogP contribution is -2.33. The molecule has 0 heterocycles. The predicted molar refractivity (Wildman–Crippen MR) is 115 cm³/mol. The molecule has 0 saturated carbocycles. The Balaban J connectivity index is 1.90. The number of nitrogens with one attached hydrogen (secondary N) is 1. The Bertz CT molecular complexity index is 934. The second-order valence-corrected chi connectivity index (χ2v) is 9.32. The van der Waals surface area contributed by atoms with Crippen molar-refractivity contribution in [3.05, 3.63) is 64.5 Å². The fraction of sp³-hybridized carbons (Fsp3) is 0.409. The van der Waals surface area contributed by atoms with Crippen molar-refractivity contribution in [3.63, 3.8) is 0 Å². The van der Waals surface area contributed by atoms with E-state index in [0.717, 1.165) is 22.3 Å².